The van der Waals surface area contributed by atoms with Crippen LogP contribution >= 0.6 is 12.4 Å². The number of benzene rings is 1. The predicted molar refractivity (Wildman–Crippen MR) is 97.7 cm³/mol. The molecule has 0 amide bonds. The van der Waals surface area contributed by atoms with Gasteiger partial charge in [0.05, 0.1) is 18.6 Å². The summed E-state index contributed by atoms with van der Waals surface area (Å²) in [5, 5.41) is 3.31. The van der Waals surface area contributed by atoms with Crippen LogP contribution < -0.4 is 10.1 Å². The number of nitrogens with one attached hydrogen (secondary N) is 1. The second-order valence-corrected chi connectivity index (χ2v) is 5.80. The van der Waals surface area contributed by atoms with Crippen molar-refractivity contribution in [3.05, 3.63) is 29.8 Å². The fourth-order valence-electron chi connectivity index (χ4n) is 3.02. The number of esters is 1. The second-order valence-electron chi connectivity index (χ2n) is 5.80. The smallest absolute Gasteiger partial charge is 0.316 e. The van der Waals surface area contributed by atoms with Crippen LogP contribution in [0.1, 0.15) is 18.4 Å². The minimum Gasteiger partial charge on any atom is -0.491 e. The van der Waals surface area contributed by atoms with Gasteiger partial charge in [0.2, 0.25) is 0 Å². The molecular weight excluding hydrogens is 346 g/mol. The van der Waals surface area contributed by atoms with Gasteiger partial charge >= 0.3 is 5.97 Å². The van der Waals surface area contributed by atoms with Gasteiger partial charge in [-0.15, -0.1) is 12.4 Å². The molecule has 1 heterocycles. The number of rotatable bonds is 9. The Balaban J connectivity index is 0.00000312. The number of carbonyl (C=O) groups excluding carboxylic acids is 1. The summed E-state index contributed by atoms with van der Waals surface area (Å²) < 4.78 is 21.4. The lowest BCUT2D eigenvalue weighted by atomic mass is 9.72. The standard InChI is InChI=1S/C18H27NO5.ClH/c1-21-11-13-23-16-6-4-3-5-15(16)18(7-9-19-10-8-18)17(20)24-14-12-22-2;/h3-6,19H,7-14H2,1-2H3;1H. The number of piperidine rings is 1. The molecular formula is C18H28ClNO5. The van der Waals surface area contributed by atoms with E-state index in [9.17, 15) is 4.79 Å². The molecule has 7 heteroatoms. The Morgan fingerprint density at radius 3 is 2.36 bits per heavy atom. The molecule has 1 aromatic rings. The van der Waals surface area contributed by atoms with Crippen LogP contribution in [0.15, 0.2) is 24.3 Å². The molecule has 1 aromatic carbocycles. The van der Waals surface area contributed by atoms with E-state index in [2.05, 4.69) is 5.32 Å². The van der Waals surface area contributed by atoms with Gasteiger partial charge in [-0.1, -0.05) is 18.2 Å². The van der Waals surface area contributed by atoms with Crippen LogP contribution in [-0.4, -0.2) is 59.7 Å². The summed E-state index contributed by atoms with van der Waals surface area (Å²) in [7, 11) is 3.23. The van der Waals surface area contributed by atoms with E-state index in [4.69, 9.17) is 18.9 Å². The van der Waals surface area contributed by atoms with Gasteiger partial charge in [0.15, 0.2) is 0 Å². The molecule has 0 bridgehead atoms. The van der Waals surface area contributed by atoms with Crippen molar-refractivity contribution >= 4 is 18.4 Å². The van der Waals surface area contributed by atoms with Crippen molar-refractivity contribution in [1.29, 1.82) is 0 Å². The Hall–Kier alpha value is -1.34. The van der Waals surface area contributed by atoms with Crippen molar-refractivity contribution < 1.29 is 23.7 Å². The fourth-order valence-corrected chi connectivity index (χ4v) is 3.02. The quantitative estimate of drug-likeness (QED) is 0.527. The molecule has 1 fully saturated rings. The summed E-state index contributed by atoms with van der Waals surface area (Å²) in [4.78, 5) is 12.9. The van der Waals surface area contributed by atoms with Crippen molar-refractivity contribution in [1.82, 2.24) is 5.32 Å². The summed E-state index contributed by atoms with van der Waals surface area (Å²) in [5.41, 5.74) is 0.216. The normalized spacial score (nSPS) is 15.9. The molecule has 0 aromatic heterocycles. The number of hydrogen-bond acceptors (Lipinski definition) is 6. The van der Waals surface area contributed by atoms with Crippen LogP contribution in [0, 0.1) is 0 Å². The summed E-state index contributed by atoms with van der Waals surface area (Å²) in [6.07, 6.45) is 1.37. The minimum absolute atomic E-state index is 0. The van der Waals surface area contributed by atoms with Crippen molar-refractivity contribution in [2.24, 2.45) is 0 Å². The van der Waals surface area contributed by atoms with E-state index in [0.29, 0.717) is 32.7 Å². The molecule has 0 saturated carbocycles. The summed E-state index contributed by atoms with van der Waals surface area (Å²) in [6.45, 7) is 3.14. The van der Waals surface area contributed by atoms with Crippen molar-refractivity contribution in [2.75, 3.05) is 53.7 Å². The number of methoxy groups -OCH3 is 2. The molecule has 6 nitrogen and oxygen atoms in total. The van der Waals surface area contributed by atoms with E-state index < -0.39 is 5.41 Å². The Morgan fingerprint density at radius 1 is 1.04 bits per heavy atom. The van der Waals surface area contributed by atoms with Crippen LogP contribution in [0.2, 0.25) is 0 Å². The van der Waals surface area contributed by atoms with E-state index in [0.717, 1.165) is 24.4 Å². The zero-order valence-corrected chi connectivity index (χ0v) is 15.7. The maximum Gasteiger partial charge on any atom is 0.316 e. The molecule has 142 valence electrons. The average molecular weight is 374 g/mol. The molecule has 25 heavy (non-hydrogen) atoms. The highest BCUT2D eigenvalue weighted by Gasteiger charge is 2.44. The summed E-state index contributed by atoms with van der Waals surface area (Å²) in [5.74, 6) is 0.518. The molecule has 0 spiro atoms. The van der Waals surface area contributed by atoms with Gasteiger partial charge in [-0.05, 0) is 32.0 Å². The number of ether oxygens (including phenoxy) is 4. The van der Waals surface area contributed by atoms with Crippen LogP contribution in [0.3, 0.4) is 0 Å². The molecule has 2 rings (SSSR count). The Morgan fingerprint density at radius 2 is 1.68 bits per heavy atom. The Kier molecular flexibility index (Phi) is 9.82. The van der Waals surface area contributed by atoms with E-state index in [1.54, 1.807) is 14.2 Å². The molecule has 0 unspecified atom stereocenters. The first-order valence-corrected chi connectivity index (χ1v) is 8.33. The first kappa shape index (κ1) is 21.7. The maximum atomic E-state index is 12.9. The topological polar surface area (TPSA) is 66.0 Å². The second kappa shape index (κ2) is 11.3. The maximum absolute atomic E-state index is 12.9. The van der Waals surface area contributed by atoms with E-state index in [-0.39, 0.29) is 25.0 Å². The highest BCUT2D eigenvalue weighted by Crippen LogP contribution is 2.40. The van der Waals surface area contributed by atoms with Crippen LogP contribution in [0.4, 0.5) is 0 Å². The molecule has 0 aliphatic carbocycles. The van der Waals surface area contributed by atoms with Gasteiger partial charge in [0.25, 0.3) is 0 Å². The number of carbonyl (C=O) groups is 1. The molecule has 0 atom stereocenters. The lowest BCUT2D eigenvalue weighted by Gasteiger charge is -2.36. The minimum atomic E-state index is -0.678. The van der Waals surface area contributed by atoms with Crippen LogP contribution in [-0.2, 0) is 24.4 Å². The number of para-hydroxylation sites is 1. The third-order valence-electron chi connectivity index (χ3n) is 4.32. The highest BCUT2D eigenvalue weighted by atomic mass is 35.5. The van der Waals surface area contributed by atoms with Gasteiger partial charge in [0.1, 0.15) is 19.0 Å². The van der Waals surface area contributed by atoms with Crippen molar-refractivity contribution in [2.45, 2.75) is 18.3 Å². The summed E-state index contributed by atoms with van der Waals surface area (Å²) in [6, 6.07) is 7.71. The van der Waals surface area contributed by atoms with Crippen LogP contribution in [0.25, 0.3) is 0 Å². The molecule has 0 radical (unpaired) electrons. The Labute approximate surface area is 155 Å². The molecule has 1 N–H and O–H groups in total. The van der Waals surface area contributed by atoms with E-state index >= 15 is 0 Å². The average Bonchev–Trinajstić information content (AvgIpc) is 2.63. The predicted octanol–water partition coefficient (Wildman–Crippen LogP) is 1.94. The third kappa shape index (κ3) is 5.57. The zero-order valence-electron chi connectivity index (χ0n) is 14.9. The van der Waals surface area contributed by atoms with Gasteiger partial charge in [0, 0.05) is 19.8 Å². The lowest BCUT2D eigenvalue weighted by molar-refractivity contribution is -0.153. The largest absolute Gasteiger partial charge is 0.491 e. The van der Waals surface area contributed by atoms with Gasteiger partial charge < -0.3 is 24.3 Å². The third-order valence-corrected chi connectivity index (χ3v) is 4.32. The van der Waals surface area contributed by atoms with E-state index in [1.165, 1.54) is 0 Å². The van der Waals surface area contributed by atoms with Crippen LogP contribution in [0.5, 0.6) is 5.75 Å². The molecule has 1 aliphatic heterocycles. The monoisotopic (exact) mass is 373 g/mol. The highest BCUT2D eigenvalue weighted by molar-refractivity contribution is 5.85. The molecule has 1 saturated heterocycles. The molecule has 1 aliphatic rings. The first-order chi connectivity index (χ1) is 11.7. The number of hydrogen-bond donors (Lipinski definition) is 1. The fraction of sp³-hybridized carbons (Fsp3) is 0.611. The van der Waals surface area contributed by atoms with Crippen molar-refractivity contribution in [3.8, 4) is 5.75 Å². The lowest BCUT2D eigenvalue weighted by Crippen LogP contribution is -2.47. The summed E-state index contributed by atoms with van der Waals surface area (Å²) >= 11 is 0. The van der Waals surface area contributed by atoms with Gasteiger partial charge in [-0.3, -0.25) is 4.79 Å². The van der Waals surface area contributed by atoms with Crippen molar-refractivity contribution in [3.63, 3.8) is 0 Å². The van der Waals surface area contributed by atoms with Gasteiger partial charge in [-0.25, -0.2) is 0 Å². The zero-order chi connectivity index (χ0) is 17.3. The Bertz CT molecular complexity index is 520. The van der Waals surface area contributed by atoms with E-state index in [1.807, 2.05) is 24.3 Å². The SMILES string of the molecule is COCCOC(=O)C1(c2ccccc2OCCOC)CCNCC1.Cl. The first-order valence-electron chi connectivity index (χ1n) is 8.33. The van der Waals surface area contributed by atoms with Gasteiger partial charge in [-0.2, -0.15) is 0 Å². The number of halogens is 1.